The van der Waals surface area contributed by atoms with Crippen LogP contribution in [0.25, 0.3) is 16.6 Å². The molecule has 5 rings (SSSR count). The first-order valence-electron chi connectivity index (χ1n) is 12.7. The van der Waals surface area contributed by atoms with Crippen molar-refractivity contribution in [2.45, 2.75) is 19.4 Å². The summed E-state index contributed by atoms with van der Waals surface area (Å²) in [7, 11) is 1.59. The maximum atomic E-state index is 13.7. The number of halogens is 2. The summed E-state index contributed by atoms with van der Waals surface area (Å²) in [5, 5.41) is 1.35. The number of nitrogens with zero attached hydrogens (tertiary/aromatic N) is 4. The molecule has 0 radical (unpaired) electrons. The van der Waals surface area contributed by atoms with Gasteiger partial charge in [0.05, 0.1) is 40.2 Å². The number of carbonyl (C=O) groups excluding carboxylic acids is 1. The second-order valence-electron chi connectivity index (χ2n) is 9.24. The number of benzene rings is 3. The predicted octanol–water partition coefficient (Wildman–Crippen LogP) is 5.91. The molecule has 0 bridgehead atoms. The molecule has 202 valence electrons. The van der Waals surface area contributed by atoms with Crippen LogP contribution in [0.2, 0.25) is 10.0 Å². The highest BCUT2D eigenvalue weighted by Gasteiger charge is 2.19. The van der Waals surface area contributed by atoms with E-state index in [2.05, 4.69) is 4.98 Å². The normalized spacial score (nSPS) is 11.0. The van der Waals surface area contributed by atoms with Crippen LogP contribution in [0.1, 0.15) is 17.0 Å². The summed E-state index contributed by atoms with van der Waals surface area (Å²) < 4.78 is 6.90. The van der Waals surface area contributed by atoms with E-state index in [1.807, 2.05) is 42.5 Å². The predicted molar refractivity (Wildman–Crippen MR) is 157 cm³/mol. The fraction of sp³-hybridized carbons (Fsp3) is 0.161. The van der Waals surface area contributed by atoms with Crippen molar-refractivity contribution in [1.29, 1.82) is 0 Å². The molecule has 0 saturated heterocycles. The number of hydrogen-bond acceptors (Lipinski definition) is 5. The van der Waals surface area contributed by atoms with E-state index >= 15 is 0 Å². The zero-order valence-corrected chi connectivity index (χ0v) is 23.3. The Balaban J connectivity index is 1.49. The number of hydrogen-bond donors (Lipinski definition) is 0. The molecular formula is C31H26Cl2N4O3. The molecule has 0 fully saturated rings. The van der Waals surface area contributed by atoms with Crippen LogP contribution in [0.5, 0.6) is 5.75 Å². The van der Waals surface area contributed by atoms with Crippen LogP contribution in [0.3, 0.4) is 0 Å². The smallest absolute Gasteiger partial charge is 0.265 e. The first kappa shape index (κ1) is 27.4. The van der Waals surface area contributed by atoms with Crippen LogP contribution in [0, 0.1) is 0 Å². The molecule has 0 N–H and O–H groups in total. The van der Waals surface area contributed by atoms with Crippen molar-refractivity contribution in [2.24, 2.45) is 0 Å². The maximum Gasteiger partial charge on any atom is 0.265 e. The Bertz CT molecular complexity index is 1710. The van der Waals surface area contributed by atoms with E-state index in [1.165, 1.54) is 0 Å². The topological polar surface area (TPSA) is 77.3 Å². The average Bonchev–Trinajstić information content (AvgIpc) is 2.98. The van der Waals surface area contributed by atoms with Crippen LogP contribution >= 0.6 is 23.2 Å². The fourth-order valence-corrected chi connectivity index (χ4v) is 4.84. The summed E-state index contributed by atoms with van der Waals surface area (Å²) in [5.41, 5.74) is 2.75. The van der Waals surface area contributed by atoms with Crippen LogP contribution in [-0.4, -0.2) is 39.0 Å². The zero-order valence-electron chi connectivity index (χ0n) is 21.8. The van der Waals surface area contributed by atoms with Crippen LogP contribution < -0.4 is 10.3 Å². The highest BCUT2D eigenvalue weighted by molar-refractivity contribution is 6.42. The number of pyridine rings is 1. The number of rotatable bonds is 9. The van der Waals surface area contributed by atoms with E-state index in [4.69, 9.17) is 32.9 Å². The van der Waals surface area contributed by atoms with Crippen LogP contribution in [-0.2, 0) is 24.2 Å². The van der Waals surface area contributed by atoms with Gasteiger partial charge in [-0.25, -0.2) is 4.98 Å². The lowest BCUT2D eigenvalue weighted by Crippen LogP contribution is -2.35. The molecule has 3 aromatic carbocycles. The Kier molecular flexibility index (Phi) is 8.43. The maximum absolute atomic E-state index is 13.7. The SMILES string of the molecule is COc1ccc(-n2c(CCN(Cc3cccnc3)C(=O)Cc3ccc(Cl)c(Cl)c3)nc3ccccc3c2=O)cc1. The van der Waals surface area contributed by atoms with E-state index < -0.39 is 0 Å². The molecule has 2 heterocycles. The lowest BCUT2D eigenvalue weighted by Gasteiger charge is -2.24. The van der Waals surface area contributed by atoms with Gasteiger partial charge in [-0.3, -0.25) is 19.1 Å². The highest BCUT2D eigenvalue weighted by atomic mass is 35.5. The van der Waals surface area contributed by atoms with Crippen molar-refractivity contribution >= 4 is 40.0 Å². The van der Waals surface area contributed by atoms with Gasteiger partial charge >= 0.3 is 0 Å². The Morgan fingerprint density at radius 2 is 1.75 bits per heavy atom. The molecule has 0 spiro atoms. The number of carbonyl (C=O) groups is 1. The minimum absolute atomic E-state index is 0.0959. The Morgan fingerprint density at radius 3 is 2.48 bits per heavy atom. The van der Waals surface area contributed by atoms with E-state index in [0.29, 0.717) is 57.7 Å². The number of fused-ring (bicyclic) bond motifs is 1. The number of para-hydroxylation sites is 1. The summed E-state index contributed by atoms with van der Waals surface area (Å²) in [4.78, 5) is 38.0. The average molecular weight is 573 g/mol. The third-order valence-corrected chi connectivity index (χ3v) is 7.31. The molecule has 40 heavy (non-hydrogen) atoms. The molecule has 0 atom stereocenters. The van der Waals surface area contributed by atoms with Gasteiger partial charge in [-0.15, -0.1) is 0 Å². The van der Waals surface area contributed by atoms with Gasteiger partial charge in [-0.1, -0.05) is 47.5 Å². The highest BCUT2D eigenvalue weighted by Crippen LogP contribution is 2.23. The molecule has 0 aliphatic carbocycles. The number of methoxy groups -OCH3 is 1. The molecule has 7 nitrogen and oxygen atoms in total. The standard InChI is InChI=1S/C31H26Cl2N4O3/c1-40-24-11-9-23(10-12-24)37-29(35-28-7-3-2-6-25(28)31(37)39)14-16-36(20-22-5-4-15-34-19-22)30(38)18-21-8-13-26(32)27(33)17-21/h2-13,15,17,19H,14,16,18,20H2,1H3. The van der Waals surface area contributed by atoms with Crippen LogP contribution in [0.15, 0.2) is 96.1 Å². The quantitative estimate of drug-likeness (QED) is 0.219. The number of amides is 1. The van der Waals surface area contributed by atoms with Gasteiger partial charge < -0.3 is 9.64 Å². The summed E-state index contributed by atoms with van der Waals surface area (Å²) in [6.07, 6.45) is 3.92. The molecule has 2 aromatic heterocycles. The van der Waals surface area contributed by atoms with Crippen molar-refractivity contribution in [3.05, 3.63) is 129 Å². The van der Waals surface area contributed by atoms with Crippen molar-refractivity contribution in [3.63, 3.8) is 0 Å². The fourth-order valence-electron chi connectivity index (χ4n) is 4.52. The van der Waals surface area contributed by atoms with Gasteiger partial charge in [0.15, 0.2) is 0 Å². The van der Waals surface area contributed by atoms with Gasteiger partial charge in [0, 0.05) is 31.9 Å². The number of aromatic nitrogens is 3. The van der Waals surface area contributed by atoms with E-state index in [9.17, 15) is 9.59 Å². The van der Waals surface area contributed by atoms with Gasteiger partial charge in [-0.2, -0.15) is 0 Å². The molecule has 9 heteroatoms. The van der Waals surface area contributed by atoms with Crippen molar-refractivity contribution in [2.75, 3.05) is 13.7 Å². The molecule has 0 aliphatic rings. The second kappa shape index (κ2) is 12.3. The first-order chi connectivity index (χ1) is 19.4. The monoisotopic (exact) mass is 572 g/mol. The molecule has 0 unspecified atom stereocenters. The summed E-state index contributed by atoms with van der Waals surface area (Å²) >= 11 is 12.3. The van der Waals surface area contributed by atoms with Gasteiger partial charge in [0.25, 0.3) is 5.56 Å². The molecule has 0 saturated carbocycles. The van der Waals surface area contributed by atoms with Gasteiger partial charge in [0.1, 0.15) is 11.6 Å². The summed E-state index contributed by atoms with van der Waals surface area (Å²) in [6.45, 7) is 0.685. The third kappa shape index (κ3) is 6.17. The van der Waals surface area contributed by atoms with E-state index in [1.54, 1.807) is 65.4 Å². The molecule has 5 aromatic rings. The molecule has 1 amide bonds. The van der Waals surface area contributed by atoms with Crippen LogP contribution in [0.4, 0.5) is 0 Å². The zero-order chi connectivity index (χ0) is 28.1. The molecule has 0 aliphatic heterocycles. The largest absolute Gasteiger partial charge is 0.497 e. The van der Waals surface area contributed by atoms with Crippen molar-refractivity contribution in [3.8, 4) is 11.4 Å². The summed E-state index contributed by atoms with van der Waals surface area (Å²) in [6, 6.07) is 23.5. The van der Waals surface area contributed by atoms with Crippen molar-refractivity contribution < 1.29 is 9.53 Å². The van der Waals surface area contributed by atoms with E-state index in [0.717, 1.165) is 11.1 Å². The van der Waals surface area contributed by atoms with Gasteiger partial charge in [0.2, 0.25) is 5.91 Å². The lowest BCUT2D eigenvalue weighted by atomic mass is 10.1. The second-order valence-corrected chi connectivity index (χ2v) is 10.0. The number of ether oxygens (including phenoxy) is 1. The van der Waals surface area contributed by atoms with Crippen molar-refractivity contribution in [1.82, 2.24) is 19.4 Å². The minimum atomic E-state index is -0.174. The van der Waals surface area contributed by atoms with E-state index in [-0.39, 0.29) is 17.9 Å². The molecular weight excluding hydrogens is 547 g/mol. The lowest BCUT2D eigenvalue weighted by molar-refractivity contribution is -0.131. The first-order valence-corrected chi connectivity index (χ1v) is 13.4. The summed E-state index contributed by atoms with van der Waals surface area (Å²) in [5.74, 6) is 1.14. The Morgan fingerprint density at radius 1 is 0.950 bits per heavy atom. The Labute approximate surface area is 241 Å². The Hall–Kier alpha value is -4.20. The third-order valence-electron chi connectivity index (χ3n) is 6.57. The van der Waals surface area contributed by atoms with Gasteiger partial charge in [-0.05, 0) is 65.7 Å². The minimum Gasteiger partial charge on any atom is -0.497 e.